The van der Waals surface area contributed by atoms with Crippen molar-refractivity contribution in [1.82, 2.24) is 9.97 Å². The fraction of sp³-hybridized carbons (Fsp3) is 0.200. The molecule has 0 aliphatic carbocycles. The van der Waals surface area contributed by atoms with Crippen LogP contribution in [0, 0.1) is 0 Å². The second-order valence-corrected chi connectivity index (χ2v) is 1.99. The monoisotopic (exact) mass is 179 g/mol. The highest BCUT2D eigenvalue weighted by Gasteiger charge is 2.37. The summed E-state index contributed by atoms with van der Waals surface area (Å²) in [4.78, 5) is 15.3. The number of imidazole rings is 1. The topological polar surface area (TPSA) is 71.8 Å². The van der Waals surface area contributed by atoms with Crippen LogP contribution in [-0.4, -0.2) is 15.9 Å². The highest BCUT2D eigenvalue weighted by molar-refractivity contribution is 5.92. The lowest BCUT2D eigenvalue weighted by molar-refractivity contribution is -0.141. The summed E-state index contributed by atoms with van der Waals surface area (Å²) in [6, 6.07) is 0. The number of alkyl halides is 3. The van der Waals surface area contributed by atoms with Crippen molar-refractivity contribution in [2.24, 2.45) is 5.73 Å². The average Bonchev–Trinajstić information content (AvgIpc) is 2.30. The van der Waals surface area contributed by atoms with Crippen molar-refractivity contribution in [1.29, 1.82) is 0 Å². The molecule has 1 amide bonds. The van der Waals surface area contributed by atoms with Gasteiger partial charge in [-0.25, -0.2) is 4.98 Å². The van der Waals surface area contributed by atoms with Gasteiger partial charge in [0.05, 0.1) is 6.33 Å². The number of aromatic amines is 1. The Morgan fingerprint density at radius 1 is 1.58 bits per heavy atom. The van der Waals surface area contributed by atoms with Crippen molar-refractivity contribution in [3.63, 3.8) is 0 Å². The van der Waals surface area contributed by atoms with Crippen LogP contribution in [-0.2, 0) is 6.18 Å². The number of H-pyrrole nitrogens is 1. The summed E-state index contributed by atoms with van der Waals surface area (Å²) in [5, 5.41) is 0. The quantitative estimate of drug-likeness (QED) is 0.659. The second-order valence-electron chi connectivity index (χ2n) is 1.99. The molecule has 12 heavy (non-hydrogen) atoms. The zero-order valence-corrected chi connectivity index (χ0v) is 5.64. The molecule has 7 heteroatoms. The van der Waals surface area contributed by atoms with Crippen LogP contribution < -0.4 is 5.73 Å². The first kappa shape index (κ1) is 8.57. The van der Waals surface area contributed by atoms with Crippen molar-refractivity contribution < 1.29 is 18.0 Å². The third-order valence-corrected chi connectivity index (χ3v) is 1.16. The van der Waals surface area contributed by atoms with E-state index in [4.69, 9.17) is 0 Å². The molecule has 66 valence electrons. The Morgan fingerprint density at radius 3 is 2.50 bits per heavy atom. The second kappa shape index (κ2) is 2.50. The van der Waals surface area contributed by atoms with E-state index in [0.29, 0.717) is 0 Å². The molecule has 0 radical (unpaired) electrons. The van der Waals surface area contributed by atoms with Gasteiger partial charge in [-0.2, -0.15) is 13.2 Å². The van der Waals surface area contributed by atoms with Crippen molar-refractivity contribution in [2.75, 3.05) is 0 Å². The molecule has 0 aliphatic rings. The van der Waals surface area contributed by atoms with Gasteiger partial charge in [-0.1, -0.05) is 0 Å². The molecule has 0 spiro atoms. The van der Waals surface area contributed by atoms with Gasteiger partial charge in [-0.3, -0.25) is 4.79 Å². The number of nitrogens with one attached hydrogen (secondary N) is 1. The van der Waals surface area contributed by atoms with Gasteiger partial charge in [0.25, 0.3) is 5.91 Å². The molecule has 4 nitrogen and oxygen atoms in total. The Kier molecular flexibility index (Phi) is 1.79. The van der Waals surface area contributed by atoms with Gasteiger partial charge in [-0.15, -0.1) is 0 Å². The molecular formula is C5H4F3N3O. The van der Waals surface area contributed by atoms with E-state index in [1.165, 1.54) is 0 Å². The number of primary amides is 1. The van der Waals surface area contributed by atoms with Crippen LogP contribution in [0.4, 0.5) is 13.2 Å². The van der Waals surface area contributed by atoms with Crippen LogP contribution >= 0.6 is 0 Å². The predicted octanol–water partition coefficient (Wildman–Crippen LogP) is 0.527. The van der Waals surface area contributed by atoms with Crippen LogP contribution in [0.3, 0.4) is 0 Å². The minimum atomic E-state index is -4.62. The van der Waals surface area contributed by atoms with Crippen LogP contribution in [0.2, 0.25) is 0 Å². The Labute approximate surface area is 64.6 Å². The first-order valence-corrected chi connectivity index (χ1v) is 2.83. The number of rotatable bonds is 1. The van der Waals surface area contributed by atoms with Crippen LogP contribution in [0.25, 0.3) is 0 Å². The molecule has 1 heterocycles. The predicted molar refractivity (Wildman–Crippen MR) is 32.1 cm³/mol. The molecule has 1 rings (SSSR count). The van der Waals surface area contributed by atoms with E-state index in [-0.39, 0.29) is 0 Å². The highest BCUT2D eigenvalue weighted by Crippen LogP contribution is 2.29. The van der Waals surface area contributed by atoms with Crippen LogP contribution in [0.15, 0.2) is 6.33 Å². The number of amides is 1. The summed E-state index contributed by atoms with van der Waals surface area (Å²) in [6.07, 6.45) is -3.86. The SMILES string of the molecule is NC(=O)c1nc[nH]c1C(F)(F)F. The third kappa shape index (κ3) is 1.39. The maximum Gasteiger partial charge on any atom is 0.433 e. The number of nitrogens with two attached hydrogens (primary N) is 1. The van der Waals surface area contributed by atoms with Gasteiger partial charge in [-0.05, 0) is 0 Å². The van der Waals surface area contributed by atoms with Crippen LogP contribution in [0.5, 0.6) is 0 Å². The fourth-order valence-corrected chi connectivity index (χ4v) is 0.697. The maximum absolute atomic E-state index is 12.0. The summed E-state index contributed by atoms with van der Waals surface area (Å²) in [6.45, 7) is 0. The minimum absolute atomic E-state index is 0.767. The maximum atomic E-state index is 12.0. The average molecular weight is 179 g/mol. The first-order chi connectivity index (χ1) is 5.43. The van der Waals surface area contributed by atoms with Crippen molar-refractivity contribution >= 4 is 5.91 Å². The van der Waals surface area contributed by atoms with Gasteiger partial charge >= 0.3 is 6.18 Å². The first-order valence-electron chi connectivity index (χ1n) is 2.83. The van der Waals surface area contributed by atoms with Gasteiger partial charge in [0, 0.05) is 0 Å². The highest BCUT2D eigenvalue weighted by atomic mass is 19.4. The van der Waals surface area contributed by atoms with E-state index in [9.17, 15) is 18.0 Å². The number of carbonyl (C=O) groups excluding carboxylic acids is 1. The van der Waals surface area contributed by atoms with E-state index in [1.807, 2.05) is 0 Å². The Bertz CT molecular complexity index is 303. The summed E-state index contributed by atoms with van der Waals surface area (Å²) in [5.41, 5.74) is 2.63. The lowest BCUT2D eigenvalue weighted by Gasteiger charge is -2.03. The zero-order valence-electron chi connectivity index (χ0n) is 5.64. The van der Waals surface area contributed by atoms with Crippen molar-refractivity contribution in [3.05, 3.63) is 17.7 Å². The van der Waals surface area contributed by atoms with Crippen molar-refractivity contribution in [3.8, 4) is 0 Å². The standard InChI is InChI=1S/C5H4F3N3O/c6-5(7,8)3-2(4(9)12)10-1-11-3/h1H,(H2,9,12)(H,10,11). The Balaban J connectivity index is 3.17. The molecule has 0 saturated carbocycles. The number of hydrogen-bond acceptors (Lipinski definition) is 2. The lowest BCUT2D eigenvalue weighted by atomic mass is 10.3. The molecule has 0 atom stereocenters. The molecule has 1 aromatic heterocycles. The number of halogens is 3. The molecule has 0 unspecified atom stereocenters. The minimum Gasteiger partial charge on any atom is -0.364 e. The molecule has 0 aromatic carbocycles. The van der Waals surface area contributed by atoms with E-state index in [1.54, 1.807) is 4.98 Å². The van der Waals surface area contributed by atoms with Gasteiger partial charge in [0.1, 0.15) is 0 Å². The molecule has 0 fully saturated rings. The van der Waals surface area contributed by atoms with E-state index >= 15 is 0 Å². The van der Waals surface area contributed by atoms with E-state index in [0.717, 1.165) is 6.33 Å². The zero-order chi connectivity index (χ0) is 9.35. The number of aromatic nitrogens is 2. The third-order valence-electron chi connectivity index (χ3n) is 1.16. The number of hydrogen-bond donors (Lipinski definition) is 2. The molecule has 1 aromatic rings. The summed E-state index contributed by atoms with van der Waals surface area (Å²) >= 11 is 0. The fourth-order valence-electron chi connectivity index (χ4n) is 0.697. The van der Waals surface area contributed by atoms with Crippen molar-refractivity contribution in [2.45, 2.75) is 6.18 Å². The number of carbonyl (C=O) groups is 1. The van der Waals surface area contributed by atoms with E-state index < -0.39 is 23.5 Å². The summed E-state index contributed by atoms with van der Waals surface area (Å²) in [7, 11) is 0. The molecule has 3 N–H and O–H groups in total. The Morgan fingerprint density at radius 2 is 2.17 bits per heavy atom. The van der Waals surface area contributed by atoms with Gasteiger partial charge in [0.2, 0.25) is 0 Å². The normalized spacial score (nSPS) is 11.6. The van der Waals surface area contributed by atoms with E-state index in [2.05, 4.69) is 10.7 Å². The van der Waals surface area contributed by atoms with Gasteiger partial charge < -0.3 is 10.7 Å². The smallest absolute Gasteiger partial charge is 0.364 e. The van der Waals surface area contributed by atoms with Crippen LogP contribution in [0.1, 0.15) is 16.2 Å². The van der Waals surface area contributed by atoms with Gasteiger partial charge in [0.15, 0.2) is 11.4 Å². The largest absolute Gasteiger partial charge is 0.433 e. The summed E-state index contributed by atoms with van der Waals surface area (Å²) in [5.74, 6) is -1.21. The molecule has 0 aliphatic heterocycles. The molecule has 0 bridgehead atoms. The molecule has 0 saturated heterocycles. The summed E-state index contributed by atoms with van der Waals surface area (Å²) < 4.78 is 35.9. The number of nitrogens with zero attached hydrogens (tertiary/aromatic N) is 1. The lowest BCUT2D eigenvalue weighted by Crippen LogP contribution is -2.18. The Hall–Kier alpha value is -1.53. The molecular weight excluding hydrogens is 175 g/mol.